The fraction of sp³-hybridized carbons (Fsp3) is 0. The molecule has 52 valence electrons. The molecule has 2 rings (SSSR count). The van der Waals surface area contributed by atoms with Crippen molar-refractivity contribution in [2.75, 3.05) is 0 Å². The van der Waals surface area contributed by atoms with E-state index in [9.17, 15) is 0 Å². The summed E-state index contributed by atoms with van der Waals surface area (Å²) in [6, 6.07) is 7.57. The van der Waals surface area contributed by atoms with Gasteiger partial charge in [-0.1, -0.05) is 5.92 Å². The van der Waals surface area contributed by atoms with E-state index in [1.807, 2.05) is 24.3 Å². The van der Waals surface area contributed by atoms with Crippen LogP contribution in [0.25, 0.3) is 11.0 Å². The van der Waals surface area contributed by atoms with Gasteiger partial charge in [-0.2, -0.15) is 0 Å². The van der Waals surface area contributed by atoms with E-state index in [-0.39, 0.29) is 0 Å². The van der Waals surface area contributed by atoms with E-state index in [2.05, 4.69) is 5.92 Å². The molecule has 1 heterocycles. The minimum Gasteiger partial charge on any atom is -0.464 e. The van der Waals surface area contributed by atoms with Crippen molar-refractivity contribution in [2.45, 2.75) is 0 Å². The second kappa shape index (κ2) is 2.17. The molecule has 0 fully saturated rings. The molecule has 2 aromatic rings. The third-order valence-corrected chi connectivity index (χ3v) is 1.62. The van der Waals surface area contributed by atoms with E-state index in [4.69, 9.17) is 10.8 Å². The maximum Gasteiger partial charge on any atom is 0.133 e. The summed E-state index contributed by atoms with van der Waals surface area (Å²) in [5, 5.41) is 1.06. The predicted molar refractivity (Wildman–Crippen MR) is 44.1 cm³/mol. The van der Waals surface area contributed by atoms with Gasteiger partial charge in [0, 0.05) is 10.9 Å². The van der Waals surface area contributed by atoms with E-state index in [1.54, 1.807) is 6.26 Å². The maximum atomic E-state index is 5.23. The van der Waals surface area contributed by atoms with E-state index < -0.39 is 0 Å². The fourth-order valence-electron chi connectivity index (χ4n) is 1.06. The normalized spacial score (nSPS) is 9.73. The van der Waals surface area contributed by atoms with Crippen LogP contribution >= 0.6 is 0 Å². The summed E-state index contributed by atoms with van der Waals surface area (Å²) >= 11 is 0. The molecule has 1 heteroatoms. The van der Waals surface area contributed by atoms with Crippen LogP contribution in [0.1, 0.15) is 5.56 Å². The van der Waals surface area contributed by atoms with Crippen LogP contribution in [-0.2, 0) is 0 Å². The first kappa shape index (κ1) is 6.06. The molecule has 0 bridgehead atoms. The highest BCUT2D eigenvalue weighted by atomic mass is 16.3. The van der Waals surface area contributed by atoms with E-state index >= 15 is 0 Å². The smallest absolute Gasteiger partial charge is 0.133 e. The molecule has 0 saturated heterocycles. The lowest BCUT2D eigenvalue weighted by Gasteiger charge is -1.88. The lowest BCUT2D eigenvalue weighted by molar-refractivity contribution is 0.616. The third-order valence-electron chi connectivity index (χ3n) is 1.62. The van der Waals surface area contributed by atoms with Crippen molar-refractivity contribution < 1.29 is 4.42 Å². The largest absolute Gasteiger partial charge is 0.464 e. The van der Waals surface area contributed by atoms with Gasteiger partial charge in [-0.25, -0.2) is 0 Å². The predicted octanol–water partition coefficient (Wildman–Crippen LogP) is 2.41. The highest BCUT2D eigenvalue weighted by Crippen LogP contribution is 2.15. The second-order valence-corrected chi connectivity index (χ2v) is 2.32. The van der Waals surface area contributed by atoms with Crippen LogP contribution < -0.4 is 0 Å². The van der Waals surface area contributed by atoms with Gasteiger partial charge in [-0.3, -0.25) is 0 Å². The summed E-state index contributed by atoms with van der Waals surface area (Å²) in [5.74, 6) is 2.57. The maximum absolute atomic E-state index is 5.23. The molecule has 1 aromatic heterocycles. The number of terminal acetylenes is 1. The minimum absolute atomic E-state index is 0.879. The lowest BCUT2D eigenvalue weighted by Crippen LogP contribution is -1.70. The molecule has 11 heavy (non-hydrogen) atoms. The SMILES string of the molecule is C#Cc1ccc2occc2c1. The number of fused-ring (bicyclic) bond motifs is 1. The number of hydrogen-bond donors (Lipinski definition) is 0. The van der Waals surface area contributed by atoms with Crippen LogP contribution in [0.5, 0.6) is 0 Å². The van der Waals surface area contributed by atoms with Gasteiger partial charge in [0.1, 0.15) is 5.58 Å². The zero-order valence-corrected chi connectivity index (χ0v) is 5.87. The monoisotopic (exact) mass is 142 g/mol. The Hall–Kier alpha value is -1.68. The Bertz CT molecular complexity index is 418. The standard InChI is InChI=1S/C10H6O/c1-2-8-3-4-10-9(7-8)5-6-11-10/h1,3-7H. The third kappa shape index (κ3) is 0.890. The molecule has 0 spiro atoms. The average Bonchev–Trinajstić information content (AvgIpc) is 2.50. The molecular weight excluding hydrogens is 136 g/mol. The van der Waals surface area contributed by atoms with E-state index in [0.717, 1.165) is 16.5 Å². The van der Waals surface area contributed by atoms with Crippen molar-refractivity contribution in [1.29, 1.82) is 0 Å². The van der Waals surface area contributed by atoms with Gasteiger partial charge >= 0.3 is 0 Å². The first-order chi connectivity index (χ1) is 5.40. The average molecular weight is 142 g/mol. The van der Waals surface area contributed by atoms with Crippen LogP contribution in [0.4, 0.5) is 0 Å². The van der Waals surface area contributed by atoms with Gasteiger partial charge in [0.05, 0.1) is 6.26 Å². The summed E-state index contributed by atoms with van der Waals surface area (Å²) in [7, 11) is 0. The Morgan fingerprint density at radius 1 is 1.27 bits per heavy atom. The quantitative estimate of drug-likeness (QED) is 0.515. The molecular formula is C10H6O. The van der Waals surface area contributed by atoms with Crippen molar-refractivity contribution in [1.82, 2.24) is 0 Å². The topological polar surface area (TPSA) is 13.1 Å². The molecule has 0 amide bonds. The first-order valence-electron chi connectivity index (χ1n) is 3.34. The Kier molecular flexibility index (Phi) is 1.20. The Morgan fingerprint density at radius 2 is 2.18 bits per heavy atom. The molecule has 0 atom stereocenters. The lowest BCUT2D eigenvalue weighted by atomic mass is 10.2. The van der Waals surface area contributed by atoms with Crippen molar-refractivity contribution in [3.63, 3.8) is 0 Å². The summed E-state index contributed by atoms with van der Waals surface area (Å²) < 4.78 is 5.15. The number of rotatable bonds is 0. The zero-order valence-electron chi connectivity index (χ0n) is 5.87. The van der Waals surface area contributed by atoms with Crippen LogP contribution in [0, 0.1) is 12.3 Å². The van der Waals surface area contributed by atoms with Crippen molar-refractivity contribution in [3.05, 3.63) is 36.1 Å². The first-order valence-corrected chi connectivity index (χ1v) is 3.34. The molecule has 0 aliphatic heterocycles. The van der Waals surface area contributed by atoms with Gasteiger partial charge in [-0.15, -0.1) is 6.42 Å². The van der Waals surface area contributed by atoms with Crippen molar-refractivity contribution >= 4 is 11.0 Å². The highest BCUT2D eigenvalue weighted by molar-refractivity contribution is 5.78. The molecule has 0 unspecified atom stereocenters. The van der Waals surface area contributed by atoms with E-state index in [0.29, 0.717) is 0 Å². The Morgan fingerprint density at radius 3 is 3.00 bits per heavy atom. The molecule has 1 aromatic carbocycles. The summed E-state index contributed by atoms with van der Waals surface area (Å²) in [6.07, 6.45) is 6.89. The number of furan rings is 1. The van der Waals surface area contributed by atoms with Gasteiger partial charge in [0.15, 0.2) is 0 Å². The number of hydrogen-bond acceptors (Lipinski definition) is 1. The molecule has 0 N–H and O–H groups in total. The summed E-state index contributed by atoms with van der Waals surface area (Å²) in [6.45, 7) is 0. The summed E-state index contributed by atoms with van der Waals surface area (Å²) in [4.78, 5) is 0. The van der Waals surface area contributed by atoms with Gasteiger partial charge in [-0.05, 0) is 24.3 Å². The van der Waals surface area contributed by atoms with Crippen LogP contribution in [-0.4, -0.2) is 0 Å². The van der Waals surface area contributed by atoms with Gasteiger partial charge in [0.2, 0.25) is 0 Å². The molecule has 0 saturated carbocycles. The summed E-state index contributed by atoms with van der Waals surface area (Å²) in [5.41, 5.74) is 1.77. The number of benzene rings is 1. The van der Waals surface area contributed by atoms with E-state index in [1.165, 1.54) is 0 Å². The zero-order chi connectivity index (χ0) is 7.68. The van der Waals surface area contributed by atoms with Gasteiger partial charge in [0.25, 0.3) is 0 Å². The van der Waals surface area contributed by atoms with Crippen molar-refractivity contribution in [3.8, 4) is 12.3 Å². The van der Waals surface area contributed by atoms with Crippen LogP contribution in [0.3, 0.4) is 0 Å². The molecule has 0 aliphatic carbocycles. The Labute approximate surface area is 64.6 Å². The Balaban J connectivity index is 2.79. The van der Waals surface area contributed by atoms with Crippen LogP contribution in [0.2, 0.25) is 0 Å². The fourth-order valence-corrected chi connectivity index (χ4v) is 1.06. The molecule has 0 aliphatic rings. The second-order valence-electron chi connectivity index (χ2n) is 2.32. The minimum atomic E-state index is 0.879. The highest BCUT2D eigenvalue weighted by Gasteiger charge is 1.94. The molecule has 0 radical (unpaired) electrons. The van der Waals surface area contributed by atoms with Crippen LogP contribution in [0.15, 0.2) is 34.9 Å². The van der Waals surface area contributed by atoms with Crippen molar-refractivity contribution in [2.24, 2.45) is 0 Å². The molecule has 1 nitrogen and oxygen atoms in total. The van der Waals surface area contributed by atoms with Gasteiger partial charge < -0.3 is 4.42 Å².